The van der Waals surface area contributed by atoms with Gasteiger partial charge >= 0.3 is 0 Å². The number of fused-ring (bicyclic) bond motifs is 1. The second-order valence-corrected chi connectivity index (χ2v) is 9.64. The van der Waals surface area contributed by atoms with Crippen LogP contribution in [0, 0.1) is 22.7 Å². The summed E-state index contributed by atoms with van der Waals surface area (Å²) in [4.78, 5) is 11.0. The molecule has 1 aliphatic carbocycles. The fraction of sp³-hybridized carbons (Fsp3) is 0.458. The number of aliphatic hydroxyl groups excluding tert-OH is 1. The van der Waals surface area contributed by atoms with E-state index in [2.05, 4.69) is 48.1 Å². The van der Waals surface area contributed by atoms with Gasteiger partial charge in [-0.05, 0) is 37.8 Å². The van der Waals surface area contributed by atoms with Crippen molar-refractivity contribution in [3.63, 3.8) is 0 Å². The van der Waals surface area contributed by atoms with Crippen molar-refractivity contribution in [1.29, 1.82) is 10.5 Å². The van der Waals surface area contributed by atoms with Crippen LogP contribution in [-0.4, -0.2) is 69.2 Å². The largest absolute Gasteiger partial charge is 0.389 e. The molecule has 2 aromatic heterocycles. The number of anilines is 4. The lowest BCUT2D eigenvalue weighted by atomic mass is 10.0. The van der Waals surface area contributed by atoms with E-state index in [0.29, 0.717) is 52.6 Å². The van der Waals surface area contributed by atoms with Crippen molar-refractivity contribution in [2.24, 2.45) is 0 Å². The number of benzene rings is 1. The molecule has 1 saturated carbocycles. The van der Waals surface area contributed by atoms with Crippen LogP contribution in [0.3, 0.4) is 0 Å². The number of imidazole rings is 1. The van der Waals surface area contributed by atoms with Crippen molar-refractivity contribution in [2.45, 2.75) is 43.9 Å². The van der Waals surface area contributed by atoms with Gasteiger partial charge in [-0.25, -0.2) is 9.37 Å². The third-order valence-electron chi connectivity index (χ3n) is 6.48. The Morgan fingerprint density at radius 3 is 2.62 bits per heavy atom. The first-order chi connectivity index (χ1) is 18.0. The molecule has 1 aliphatic heterocycles. The molecule has 5 rings (SSSR count). The number of rotatable bonds is 9. The highest BCUT2D eigenvalue weighted by atomic mass is 35.5. The van der Waals surface area contributed by atoms with Crippen molar-refractivity contribution in [3.05, 3.63) is 34.6 Å². The number of piperidine rings is 1. The molecule has 37 heavy (non-hydrogen) atoms. The molecule has 0 bridgehead atoms. The second-order valence-electron chi connectivity index (χ2n) is 9.26. The van der Waals surface area contributed by atoms with Gasteiger partial charge in [-0.15, -0.1) is 5.10 Å². The molecule has 0 amide bonds. The summed E-state index contributed by atoms with van der Waals surface area (Å²) >= 11 is 6.82. The van der Waals surface area contributed by atoms with Gasteiger partial charge in [-0.3, -0.25) is 0 Å². The van der Waals surface area contributed by atoms with E-state index in [0.717, 1.165) is 25.7 Å². The number of aromatic nitrogens is 4. The van der Waals surface area contributed by atoms with E-state index < -0.39 is 12.8 Å². The number of nitrogens with one attached hydrogen (secondary N) is 3. The van der Waals surface area contributed by atoms with Crippen molar-refractivity contribution in [1.82, 2.24) is 24.9 Å². The Morgan fingerprint density at radius 2 is 1.95 bits per heavy atom. The van der Waals surface area contributed by atoms with Crippen LogP contribution in [0.1, 0.15) is 36.9 Å². The van der Waals surface area contributed by atoms with Crippen LogP contribution in [0.5, 0.6) is 0 Å². The number of alkyl halides is 1. The molecule has 1 saturated heterocycles. The average molecular weight is 525 g/mol. The maximum atomic E-state index is 12.5. The number of hydrogen-bond donors (Lipinski definition) is 4. The molecule has 2 fully saturated rings. The molecular weight excluding hydrogens is 499 g/mol. The monoisotopic (exact) mass is 524 g/mol. The van der Waals surface area contributed by atoms with E-state index >= 15 is 0 Å². The van der Waals surface area contributed by atoms with Gasteiger partial charge in [-0.1, -0.05) is 11.6 Å². The Hall–Kier alpha value is -3.71. The van der Waals surface area contributed by atoms with Gasteiger partial charge in [0, 0.05) is 31.7 Å². The molecule has 1 unspecified atom stereocenters. The summed E-state index contributed by atoms with van der Waals surface area (Å²) in [5, 5.41) is 43.1. The third kappa shape index (κ3) is 5.52. The Bertz CT molecular complexity index is 1370. The highest BCUT2D eigenvalue weighted by molar-refractivity contribution is 6.36. The van der Waals surface area contributed by atoms with Gasteiger partial charge in [0.2, 0.25) is 5.95 Å². The molecule has 3 heterocycles. The predicted octanol–water partition coefficient (Wildman–Crippen LogP) is 2.73. The zero-order chi connectivity index (χ0) is 25.9. The van der Waals surface area contributed by atoms with Crippen LogP contribution in [0.15, 0.2) is 18.3 Å². The SMILES string of the molecule is N#Cc1cc(Nc2nc(NC3CC3)c3ncc(C#N)n3n2)c(Cl)c(N2CCC(NCC(O)CF)CC2)c1. The number of hydrogen-bond acceptors (Lipinski definition) is 10. The van der Waals surface area contributed by atoms with Crippen LogP contribution in [0.4, 0.5) is 27.5 Å². The molecule has 13 heteroatoms. The average Bonchev–Trinajstić information content (AvgIpc) is 3.64. The van der Waals surface area contributed by atoms with E-state index in [-0.39, 0.29) is 24.2 Å². The Kier molecular flexibility index (Phi) is 7.24. The van der Waals surface area contributed by atoms with Gasteiger partial charge in [0.15, 0.2) is 17.2 Å². The van der Waals surface area contributed by atoms with Crippen molar-refractivity contribution < 1.29 is 9.50 Å². The van der Waals surface area contributed by atoms with Crippen LogP contribution < -0.4 is 20.9 Å². The first-order valence-electron chi connectivity index (χ1n) is 12.1. The lowest BCUT2D eigenvalue weighted by molar-refractivity contribution is 0.132. The normalized spacial score (nSPS) is 16.8. The Morgan fingerprint density at radius 1 is 1.16 bits per heavy atom. The zero-order valence-electron chi connectivity index (χ0n) is 20.0. The molecule has 4 N–H and O–H groups in total. The molecule has 3 aromatic rings. The van der Waals surface area contributed by atoms with E-state index in [4.69, 9.17) is 11.6 Å². The Labute approximate surface area is 217 Å². The highest BCUT2D eigenvalue weighted by Crippen LogP contribution is 2.37. The summed E-state index contributed by atoms with van der Waals surface area (Å²) in [6, 6.07) is 8.13. The maximum absolute atomic E-state index is 12.5. The summed E-state index contributed by atoms with van der Waals surface area (Å²) in [5.74, 6) is 0.726. The van der Waals surface area contributed by atoms with Crippen LogP contribution in [0.25, 0.3) is 5.65 Å². The summed E-state index contributed by atoms with van der Waals surface area (Å²) in [5.41, 5.74) is 2.33. The lowest BCUT2D eigenvalue weighted by Gasteiger charge is -2.35. The molecule has 0 radical (unpaired) electrons. The van der Waals surface area contributed by atoms with Gasteiger partial charge in [-0.2, -0.15) is 20.0 Å². The Balaban J connectivity index is 1.39. The standard InChI is InChI=1S/C24H26ClFN10O/c25-21-19(32-24-33-22(31-16-1-2-16)23-30-12-17(11-28)36(23)34-24)7-14(10-27)8-20(21)35-5-3-15(4-6-35)29-13-18(37)9-26/h7-8,12,15-16,18,29,37H,1-6,9,13H2,(H2,31,32,33,34). The van der Waals surface area contributed by atoms with Crippen LogP contribution >= 0.6 is 11.6 Å². The van der Waals surface area contributed by atoms with Crippen molar-refractivity contribution >= 4 is 40.4 Å². The fourth-order valence-corrected chi connectivity index (χ4v) is 4.60. The molecule has 1 aromatic carbocycles. The van der Waals surface area contributed by atoms with Crippen molar-refractivity contribution in [2.75, 3.05) is 41.8 Å². The second kappa shape index (κ2) is 10.7. The topological polar surface area (TPSA) is 150 Å². The lowest BCUT2D eigenvalue weighted by Crippen LogP contribution is -2.45. The van der Waals surface area contributed by atoms with Crippen molar-refractivity contribution in [3.8, 4) is 12.1 Å². The van der Waals surface area contributed by atoms with E-state index in [1.54, 1.807) is 12.1 Å². The van der Waals surface area contributed by atoms with Crippen LogP contribution in [0.2, 0.25) is 5.02 Å². The fourth-order valence-electron chi connectivity index (χ4n) is 4.33. The van der Waals surface area contributed by atoms with Gasteiger partial charge in [0.05, 0.1) is 40.3 Å². The zero-order valence-corrected chi connectivity index (χ0v) is 20.7. The maximum Gasteiger partial charge on any atom is 0.247 e. The summed E-state index contributed by atoms with van der Waals surface area (Å²) < 4.78 is 14.0. The minimum absolute atomic E-state index is 0.162. The molecule has 1 atom stereocenters. The summed E-state index contributed by atoms with van der Waals surface area (Å²) in [7, 11) is 0. The van der Waals surface area contributed by atoms with Gasteiger partial charge in [0.25, 0.3) is 0 Å². The predicted molar refractivity (Wildman–Crippen MR) is 137 cm³/mol. The van der Waals surface area contributed by atoms with Gasteiger partial charge in [0.1, 0.15) is 12.7 Å². The van der Waals surface area contributed by atoms with E-state index in [9.17, 15) is 20.0 Å². The smallest absolute Gasteiger partial charge is 0.247 e. The number of halogens is 2. The van der Waals surface area contributed by atoms with Gasteiger partial charge < -0.3 is 26.0 Å². The summed E-state index contributed by atoms with van der Waals surface area (Å²) in [6.45, 7) is 0.795. The minimum Gasteiger partial charge on any atom is -0.389 e. The molecule has 192 valence electrons. The molecule has 0 spiro atoms. The number of aliphatic hydroxyl groups is 1. The first kappa shape index (κ1) is 25.0. The molecule has 2 aliphatic rings. The number of nitrogens with zero attached hydrogens (tertiary/aromatic N) is 7. The van der Waals surface area contributed by atoms with E-state index in [1.807, 2.05) is 0 Å². The minimum atomic E-state index is -0.999. The quantitative estimate of drug-likeness (QED) is 0.329. The number of nitriles is 2. The van der Waals surface area contributed by atoms with E-state index in [1.165, 1.54) is 10.7 Å². The first-order valence-corrected chi connectivity index (χ1v) is 12.5. The molecular formula is C24H26ClFN10O. The highest BCUT2D eigenvalue weighted by Gasteiger charge is 2.26. The summed E-state index contributed by atoms with van der Waals surface area (Å²) in [6.07, 6.45) is 4.08. The third-order valence-corrected chi connectivity index (χ3v) is 6.88. The van der Waals surface area contributed by atoms with Crippen LogP contribution in [-0.2, 0) is 0 Å². The molecule has 11 nitrogen and oxygen atoms in total.